The highest BCUT2D eigenvalue weighted by Gasteiger charge is 2.60. The number of aliphatic hydroxyl groups is 1. The van der Waals surface area contributed by atoms with Gasteiger partial charge in [-0.2, -0.15) is 0 Å². The number of hydrogen-bond donors (Lipinski definition) is 1. The van der Waals surface area contributed by atoms with Gasteiger partial charge in [0.15, 0.2) is 0 Å². The molecule has 1 N–H and O–H groups in total. The molecular weight excluding hydrogens is 272 g/mol. The maximum absolute atomic E-state index is 11.9. The largest absolute Gasteiger partial charge is 0.393 e. The number of Topliss-reactive ketones (excluding diaryl/α,β-unsaturated/α-hetero) is 1. The molecule has 0 saturated heterocycles. The van der Waals surface area contributed by atoms with E-state index in [1.54, 1.807) is 0 Å². The maximum Gasteiger partial charge on any atom is 0.133 e. The number of rotatable bonds is 0. The monoisotopic (exact) mass is 304 g/mol. The Morgan fingerprint density at radius 2 is 1.86 bits per heavy atom. The second-order valence-electron chi connectivity index (χ2n) is 9.46. The maximum atomic E-state index is 11.9. The summed E-state index contributed by atoms with van der Waals surface area (Å²) in [6.07, 6.45) is 7.44. The second-order valence-corrected chi connectivity index (χ2v) is 9.46. The molecule has 0 radical (unpaired) electrons. The molecule has 2 heteroatoms. The quantitative estimate of drug-likeness (QED) is 0.733. The molecule has 4 rings (SSSR count). The van der Waals surface area contributed by atoms with Gasteiger partial charge in [0.2, 0.25) is 0 Å². The molecule has 6 unspecified atom stereocenters. The first-order valence-corrected chi connectivity index (χ1v) is 9.61. The molecule has 2 nitrogen and oxygen atoms in total. The smallest absolute Gasteiger partial charge is 0.133 e. The highest BCUT2D eigenvalue weighted by molar-refractivity contribution is 5.79. The van der Waals surface area contributed by atoms with Crippen LogP contribution in [0.25, 0.3) is 0 Å². The van der Waals surface area contributed by atoms with Crippen LogP contribution in [0.4, 0.5) is 0 Å². The Morgan fingerprint density at radius 3 is 2.64 bits per heavy atom. The van der Waals surface area contributed by atoms with Crippen LogP contribution in [0, 0.1) is 46.8 Å². The summed E-state index contributed by atoms with van der Waals surface area (Å²) >= 11 is 0. The van der Waals surface area contributed by atoms with Crippen molar-refractivity contribution in [2.75, 3.05) is 0 Å². The lowest BCUT2D eigenvalue weighted by molar-refractivity contribution is -0.141. The minimum Gasteiger partial charge on any atom is -0.393 e. The van der Waals surface area contributed by atoms with E-state index in [-0.39, 0.29) is 11.5 Å². The summed E-state index contributed by atoms with van der Waals surface area (Å²) in [5.41, 5.74) is 0.159. The summed E-state index contributed by atoms with van der Waals surface area (Å²) in [6.45, 7) is 7.25. The number of carbonyl (C=O) groups is 1. The van der Waals surface area contributed by atoms with Gasteiger partial charge in [0.1, 0.15) is 5.78 Å². The minimum atomic E-state index is -0.0845. The van der Waals surface area contributed by atoms with E-state index < -0.39 is 0 Å². The molecule has 0 aliphatic heterocycles. The van der Waals surface area contributed by atoms with E-state index in [0.717, 1.165) is 55.3 Å². The van der Waals surface area contributed by atoms with Gasteiger partial charge < -0.3 is 5.11 Å². The van der Waals surface area contributed by atoms with Crippen molar-refractivity contribution in [2.45, 2.75) is 71.8 Å². The fourth-order valence-electron chi connectivity index (χ4n) is 7.63. The Balaban J connectivity index is 1.68. The van der Waals surface area contributed by atoms with E-state index in [9.17, 15) is 9.90 Å². The molecule has 0 heterocycles. The third-order valence-electron chi connectivity index (χ3n) is 8.37. The van der Waals surface area contributed by atoms with Gasteiger partial charge in [-0.05, 0) is 78.9 Å². The van der Waals surface area contributed by atoms with Crippen LogP contribution in [-0.4, -0.2) is 17.0 Å². The molecule has 4 aliphatic rings. The van der Waals surface area contributed by atoms with Crippen molar-refractivity contribution < 1.29 is 9.90 Å². The Labute approximate surface area is 135 Å². The zero-order valence-electron chi connectivity index (χ0n) is 14.4. The number of aliphatic hydroxyl groups excluding tert-OH is 1. The summed E-state index contributed by atoms with van der Waals surface area (Å²) in [5, 5.41) is 10.6. The molecule has 4 saturated carbocycles. The fourth-order valence-corrected chi connectivity index (χ4v) is 7.63. The predicted molar refractivity (Wildman–Crippen MR) is 87.2 cm³/mol. The van der Waals surface area contributed by atoms with Gasteiger partial charge in [-0.25, -0.2) is 0 Å². The lowest BCUT2D eigenvalue weighted by Gasteiger charge is -2.59. The lowest BCUT2D eigenvalue weighted by atomic mass is 9.45. The van der Waals surface area contributed by atoms with Crippen LogP contribution in [0.2, 0.25) is 0 Å². The summed E-state index contributed by atoms with van der Waals surface area (Å²) in [5.74, 6) is 5.73. The zero-order chi connectivity index (χ0) is 15.6. The Kier molecular flexibility index (Phi) is 3.49. The summed E-state index contributed by atoms with van der Waals surface area (Å²) in [6, 6.07) is 0. The molecule has 0 aromatic heterocycles. The number of hydrogen-bond acceptors (Lipinski definition) is 2. The average Bonchev–Trinajstić information content (AvgIpc) is 2.74. The molecule has 0 aromatic carbocycles. The number of ketones is 1. The highest BCUT2D eigenvalue weighted by atomic mass is 16.3. The Morgan fingerprint density at radius 1 is 1.09 bits per heavy atom. The summed E-state index contributed by atoms with van der Waals surface area (Å²) in [4.78, 5) is 11.9. The number of fused-ring (bicyclic) bond motifs is 5. The first-order chi connectivity index (χ1) is 10.4. The van der Waals surface area contributed by atoms with E-state index in [4.69, 9.17) is 0 Å². The molecule has 0 spiro atoms. The summed E-state index contributed by atoms with van der Waals surface area (Å²) in [7, 11) is 0. The molecule has 0 aromatic rings. The van der Waals surface area contributed by atoms with Gasteiger partial charge in [-0.15, -0.1) is 0 Å². The van der Waals surface area contributed by atoms with Gasteiger partial charge in [0, 0.05) is 12.8 Å². The minimum absolute atomic E-state index is 0.0845. The Hall–Kier alpha value is -0.370. The van der Waals surface area contributed by atoms with Crippen molar-refractivity contribution in [3.8, 4) is 0 Å². The topological polar surface area (TPSA) is 37.3 Å². The molecular formula is C20H32O2. The van der Waals surface area contributed by atoms with Gasteiger partial charge in [-0.3, -0.25) is 4.79 Å². The first-order valence-electron chi connectivity index (χ1n) is 9.61. The average molecular weight is 304 g/mol. The van der Waals surface area contributed by atoms with Crippen molar-refractivity contribution >= 4 is 5.78 Å². The van der Waals surface area contributed by atoms with E-state index in [2.05, 4.69) is 20.8 Å². The highest BCUT2D eigenvalue weighted by Crippen LogP contribution is 2.65. The van der Waals surface area contributed by atoms with E-state index in [0.29, 0.717) is 17.6 Å². The Bertz CT molecular complexity index is 472. The van der Waals surface area contributed by atoms with Gasteiger partial charge in [0.25, 0.3) is 0 Å². The third-order valence-corrected chi connectivity index (χ3v) is 8.37. The normalized spacial score (nSPS) is 57.9. The van der Waals surface area contributed by atoms with Crippen LogP contribution >= 0.6 is 0 Å². The molecule has 22 heavy (non-hydrogen) atoms. The van der Waals surface area contributed by atoms with Crippen molar-refractivity contribution in [2.24, 2.45) is 46.8 Å². The van der Waals surface area contributed by atoms with Crippen LogP contribution in [0.15, 0.2) is 0 Å². The molecule has 0 bridgehead atoms. The molecule has 124 valence electrons. The van der Waals surface area contributed by atoms with Crippen LogP contribution in [-0.2, 0) is 4.79 Å². The molecule has 9 atom stereocenters. The molecule has 4 aliphatic carbocycles. The van der Waals surface area contributed by atoms with Gasteiger partial charge >= 0.3 is 0 Å². The van der Waals surface area contributed by atoms with E-state index in [1.807, 2.05) is 0 Å². The standard InChI is InChI=1S/C20H32O2/c1-11-8-13-9-14(21)4-5-15(13)18-12(2)10-20(3)16(19(11)18)6-7-17(20)22/h11-13,15-19,22H,4-10H2,1-3H3/t11-,12+,13?,15?,16?,17?,18?,19?,20+/m1/s1. The van der Waals surface area contributed by atoms with E-state index in [1.165, 1.54) is 19.3 Å². The van der Waals surface area contributed by atoms with Crippen molar-refractivity contribution in [3.63, 3.8) is 0 Å². The van der Waals surface area contributed by atoms with Gasteiger partial charge in [-0.1, -0.05) is 20.8 Å². The first kappa shape index (κ1) is 15.2. The predicted octanol–water partition coefficient (Wildman–Crippen LogP) is 4.06. The second kappa shape index (κ2) is 5.06. The molecule has 0 amide bonds. The van der Waals surface area contributed by atoms with Crippen LogP contribution in [0.3, 0.4) is 0 Å². The number of carbonyl (C=O) groups excluding carboxylic acids is 1. The van der Waals surface area contributed by atoms with Crippen LogP contribution in [0.1, 0.15) is 65.7 Å². The van der Waals surface area contributed by atoms with E-state index >= 15 is 0 Å². The SMILES string of the molecule is C[C@@H]1CC2CC(=O)CCC2C2C1C1CCC(O)[C@@]1(C)C[C@@H]2C. The van der Waals surface area contributed by atoms with Crippen LogP contribution < -0.4 is 0 Å². The van der Waals surface area contributed by atoms with Gasteiger partial charge in [0.05, 0.1) is 6.10 Å². The van der Waals surface area contributed by atoms with Crippen molar-refractivity contribution in [1.82, 2.24) is 0 Å². The summed E-state index contributed by atoms with van der Waals surface area (Å²) < 4.78 is 0. The lowest BCUT2D eigenvalue weighted by Crippen LogP contribution is -2.55. The fraction of sp³-hybridized carbons (Fsp3) is 0.950. The third kappa shape index (κ3) is 1.98. The molecule has 4 fully saturated rings. The van der Waals surface area contributed by atoms with Crippen LogP contribution in [0.5, 0.6) is 0 Å². The van der Waals surface area contributed by atoms with Crippen molar-refractivity contribution in [3.05, 3.63) is 0 Å². The zero-order valence-corrected chi connectivity index (χ0v) is 14.4. The van der Waals surface area contributed by atoms with Crippen molar-refractivity contribution in [1.29, 1.82) is 0 Å².